The molecule has 1 aliphatic heterocycles. The molecule has 1 aliphatic rings. The monoisotopic (exact) mass is 248 g/mol. The van der Waals surface area contributed by atoms with Gasteiger partial charge in [0.15, 0.2) is 0 Å². The van der Waals surface area contributed by atoms with Crippen molar-refractivity contribution in [2.75, 3.05) is 18.1 Å². The highest BCUT2D eigenvalue weighted by atomic mass is 32.2. The summed E-state index contributed by atoms with van der Waals surface area (Å²) in [6, 6.07) is 0. The van der Waals surface area contributed by atoms with Crippen LogP contribution in [0.5, 0.6) is 0 Å². The molecule has 5 heteroatoms. The number of carbonyl (C=O) groups excluding carboxylic acids is 1. The topological polar surface area (TPSA) is 60.4 Å². The Morgan fingerprint density at radius 3 is 2.75 bits per heavy atom. The zero-order valence-electron chi connectivity index (χ0n) is 9.78. The van der Waals surface area contributed by atoms with Gasteiger partial charge in [0.2, 0.25) is 0 Å². The van der Waals surface area contributed by atoms with Crippen molar-refractivity contribution in [3.63, 3.8) is 0 Å². The highest BCUT2D eigenvalue weighted by molar-refractivity contribution is 7.91. The van der Waals surface area contributed by atoms with Crippen LogP contribution in [0.15, 0.2) is 0 Å². The summed E-state index contributed by atoms with van der Waals surface area (Å²) in [4.78, 5) is 11.5. The number of rotatable bonds is 7. The van der Waals surface area contributed by atoms with Crippen molar-refractivity contribution < 1.29 is 17.9 Å². The van der Waals surface area contributed by atoms with E-state index < -0.39 is 9.84 Å². The molecule has 0 aromatic rings. The van der Waals surface area contributed by atoms with Crippen molar-refractivity contribution in [1.29, 1.82) is 0 Å². The van der Waals surface area contributed by atoms with Gasteiger partial charge >= 0.3 is 0 Å². The quantitative estimate of drug-likeness (QED) is 0.682. The molecule has 0 bridgehead atoms. The molecule has 1 heterocycles. The van der Waals surface area contributed by atoms with Crippen LogP contribution in [0.1, 0.15) is 39.0 Å². The van der Waals surface area contributed by atoms with Gasteiger partial charge in [0.1, 0.15) is 15.6 Å². The third-order valence-corrected chi connectivity index (χ3v) is 4.62. The third-order valence-electron chi connectivity index (χ3n) is 2.83. The molecular weight excluding hydrogens is 228 g/mol. The minimum Gasteiger partial charge on any atom is -0.378 e. The molecule has 4 nitrogen and oxygen atoms in total. The highest BCUT2D eigenvalue weighted by Gasteiger charge is 2.19. The summed E-state index contributed by atoms with van der Waals surface area (Å²) in [6.45, 7) is 2.38. The minimum absolute atomic E-state index is 0.0790. The van der Waals surface area contributed by atoms with Crippen LogP contribution in [0.25, 0.3) is 0 Å². The Balaban J connectivity index is 2.15. The fraction of sp³-hybridized carbons (Fsp3) is 0.909. The number of ketones is 1. The van der Waals surface area contributed by atoms with Crippen LogP contribution in [-0.2, 0) is 19.4 Å². The molecule has 16 heavy (non-hydrogen) atoms. The smallest absolute Gasteiger partial charge is 0.150 e. The number of Topliss-reactive ketones (excluding diaryl/α,β-unsaturated/α-hetero) is 1. The Labute approximate surface area is 97.3 Å². The molecule has 0 spiro atoms. The maximum Gasteiger partial charge on any atom is 0.150 e. The van der Waals surface area contributed by atoms with Crippen molar-refractivity contribution in [2.24, 2.45) is 0 Å². The van der Waals surface area contributed by atoms with Gasteiger partial charge < -0.3 is 4.74 Å². The van der Waals surface area contributed by atoms with Crippen LogP contribution >= 0.6 is 0 Å². The summed E-state index contributed by atoms with van der Waals surface area (Å²) < 4.78 is 27.7. The molecule has 1 saturated heterocycles. The predicted molar refractivity (Wildman–Crippen MR) is 62.2 cm³/mol. The van der Waals surface area contributed by atoms with E-state index >= 15 is 0 Å². The number of hydrogen-bond donors (Lipinski definition) is 0. The molecule has 1 fully saturated rings. The van der Waals surface area contributed by atoms with E-state index in [2.05, 4.69) is 0 Å². The van der Waals surface area contributed by atoms with E-state index in [0.29, 0.717) is 19.3 Å². The van der Waals surface area contributed by atoms with Gasteiger partial charge in [0, 0.05) is 25.2 Å². The van der Waals surface area contributed by atoms with Crippen molar-refractivity contribution in [1.82, 2.24) is 0 Å². The minimum atomic E-state index is -2.93. The average Bonchev–Trinajstić information content (AvgIpc) is 2.70. The van der Waals surface area contributed by atoms with Gasteiger partial charge in [0.25, 0.3) is 0 Å². The lowest BCUT2D eigenvalue weighted by Crippen LogP contribution is -2.14. The fourth-order valence-corrected chi connectivity index (χ4v) is 2.67. The Bertz CT molecular complexity index is 315. The largest absolute Gasteiger partial charge is 0.378 e. The van der Waals surface area contributed by atoms with Crippen LogP contribution in [0.3, 0.4) is 0 Å². The molecule has 0 N–H and O–H groups in total. The van der Waals surface area contributed by atoms with Crippen molar-refractivity contribution in [3.05, 3.63) is 0 Å². The Kier molecular flexibility index (Phi) is 5.41. The first-order valence-electron chi connectivity index (χ1n) is 5.87. The predicted octanol–water partition coefficient (Wildman–Crippen LogP) is 1.34. The van der Waals surface area contributed by atoms with Crippen LogP contribution in [0.2, 0.25) is 0 Å². The first-order valence-corrected chi connectivity index (χ1v) is 7.69. The van der Waals surface area contributed by atoms with Crippen LogP contribution in [0.4, 0.5) is 0 Å². The number of carbonyl (C=O) groups is 1. The van der Waals surface area contributed by atoms with Crippen molar-refractivity contribution in [3.8, 4) is 0 Å². The molecule has 1 unspecified atom stereocenters. The summed E-state index contributed by atoms with van der Waals surface area (Å²) in [5.41, 5.74) is 0. The first kappa shape index (κ1) is 13.6. The molecule has 0 amide bonds. The van der Waals surface area contributed by atoms with Crippen molar-refractivity contribution >= 4 is 15.6 Å². The SMILES string of the molecule is CCS(=O)(=O)CCCC(=O)CC1CCCO1. The van der Waals surface area contributed by atoms with Gasteiger partial charge in [-0.25, -0.2) is 8.42 Å². The molecule has 0 saturated carbocycles. The highest BCUT2D eigenvalue weighted by Crippen LogP contribution is 2.16. The van der Waals surface area contributed by atoms with E-state index in [1.165, 1.54) is 0 Å². The van der Waals surface area contributed by atoms with Gasteiger partial charge in [-0.2, -0.15) is 0 Å². The number of hydrogen-bond acceptors (Lipinski definition) is 4. The number of sulfone groups is 1. The van der Waals surface area contributed by atoms with E-state index in [4.69, 9.17) is 4.74 Å². The lowest BCUT2D eigenvalue weighted by atomic mass is 10.1. The summed E-state index contributed by atoms with van der Waals surface area (Å²) in [5, 5.41) is 0. The molecule has 0 aliphatic carbocycles. The van der Waals surface area contributed by atoms with E-state index in [0.717, 1.165) is 19.4 Å². The molecular formula is C11H20O4S. The average molecular weight is 248 g/mol. The Hall–Kier alpha value is -0.420. The molecule has 0 radical (unpaired) electrons. The van der Waals surface area contributed by atoms with E-state index in [1.54, 1.807) is 6.92 Å². The first-order chi connectivity index (χ1) is 7.53. The maximum atomic E-state index is 11.5. The van der Waals surface area contributed by atoms with Crippen LogP contribution in [-0.4, -0.2) is 38.4 Å². The van der Waals surface area contributed by atoms with Gasteiger partial charge in [-0.15, -0.1) is 0 Å². The summed E-state index contributed by atoms with van der Waals surface area (Å²) >= 11 is 0. The third kappa shape index (κ3) is 5.07. The normalized spacial score (nSPS) is 21.2. The summed E-state index contributed by atoms with van der Waals surface area (Å²) in [5.74, 6) is 0.409. The van der Waals surface area contributed by atoms with Gasteiger partial charge in [-0.05, 0) is 19.3 Å². The molecule has 0 aromatic heterocycles. The van der Waals surface area contributed by atoms with Gasteiger partial charge in [-0.3, -0.25) is 4.79 Å². The standard InChI is InChI=1S/C11H20O4S/c1-2-16(13,14)8-4-5-10(12)9-11-6-3-7-15-11/h11H,2-9H2,1H3. The van der Waals surface area contributed by atoms with Crippen LogP contribution < -0.4 is 0 Å². The van der Waals surface area contributed by atoms with E-state index in [-0.39, 0.29) is 23.4 Å². The van der Waals surface area contributed by atoms with Gasteiger partial charge in [0.05, 0.1) is 11.9 Å². The molecule has 1 rings (SSSR count). The second kappa shape index (κ2) is 6.35. The van der Waals surface area contributed by atoms with Gasteiger partial charge in [-0.1, -0.05) is 6.92 Å². The summed E-state index contributed by atoms with van der Waals surface area (Å²) in [6.07, 6.45) is 3.32. The molecule has 1 atom stereocenters. The zero-order valence-corrected chi connectivity index (χ0v) is 10.6. The second-order valence-corrected chi connectivity index (χ2v) is 6.69. The second-order valence-electron chi connectivity index (χ2n) is 4.22. The molecule has 0 aromatic carbocycles. The Morgan fingerprint density at radius 1 is 1.44 bits per heavy atom. The lowest BCUT2D eigenvalue weighted by Gasteiger charge is -2.07. The Morgan fingerprint density at radius 2 is 2.19 bits per heavy atom. The number of ether oxygens (including phenoxy) is 1. The molecule has 94 valence electrons. The van der Waals surface area contributed by atoms with E-state index in [1.807, 2.05) is 0 Å². The summed E-state index contributed by atoms with van der Waals surface area (Å²) in [7, 11) is -2.93. The van der Waals surface area contributed by atoms with Crippen LogP contribution in [0, 0.1) is 0 Å². The van der Waals surface area contributed by atoms with E-state index in [9.17, 15) is 13.2 Å². The zero-order chi connectivity index (χ0) is 12.0. The van der Waals surface area contributed by atoms with Crippen molar-refractivity contribution in [2.45, 2.75) is 45.1 Å². The maximum absolute atomic E-state index is 11.5. The fourth-order valence-electron chi connectivity index (χ4n) is 1.79. The lowest BCUT2D eigenvalue weighted by molar-refractivity contribution is -0.121.